The van der Waals surface area contributed by atoms with E-state index >= 15 is 0 Å². The van der Waals surface area contributed by atoms with Crippen molar-refractivity contribution in [3.8, 4) is 0 Å². The zero-order valence-corrected chi connectivity index (χ0v) is 13.9. The Hall–Kier alpha value is -0.870. The highest BCUT2D eigenvalue weighted by Crippen LogP contribution is 2.54. The quantitative estimate of drug-likeness (QED) is 0.458. The minimum atomic E-state index is 0.00995. The molecule has 22 heavy (non-hydrogen) atoms. The number of esters is 1. The van der Waals surface area contributed by atoms with Crippen LogP contribution in [0.15, 0.2) is 11.1 Å². The summed E-state index contributed by atoms with van der Waals surface area (Å²) in [6.07, 6.45) is 6.73. The van der Waals surface area contributed by atoms with Crippen LogP contribution in [0.3, 0.4) is 0 Å². The van der Waals surface area contributed by atoms with E-state index in [9.17, 15) is 4.79 Å². The van der Waals surface area contributed by atoms with Crippen molar-refractivity contribution in [1.82, 2.24) is 0 Å². The number of nitrogens with two attached hydrogens (primary N) is 1. The van der Waals surface area contributed by atoms with Crippen LogP contribution in [0.5, 0.6) is 0 Å². The fourth-order valence-electron chi connectivity index (χ4n) is 4.91. The Kier molecular flexibility index (Phi) is 4.60. The van der Waals surface area contributed by atoms with E-state index in [-0.39, 0.29) is 30.0 Å². The molecule has 124 valence electrons. The molecule has 1 saturated carbocycles. The summed E-state index contributed by atoms with van der Waals surface area (Å²) >= 11 is 0. The van der Waals surface area contributed by atoms with Crippen molar-refractivity contribution in [2.24, 2.45) is 17.3 Å². The van der Waals surface area contributed by atoms with E-state index in [1.807, 2.05) is 0 Å². The van der Waals surface area contributed by atoms with Gasteiger partial charge in [0.2, 0.25) is 0 Å². The van der Waals surface area contributed by atoms with Crippen molar-refractivity contribution >= 4 is 5.97 Å². The molecule has 4 atom stereocenters. The molecule has 0 aromatic heterocycles. The molecular formula is C18H30NO3+. The molecule has 3 N–H and O–H groups in total. The lowest BCUT2D eigenvalue weighted by Crippen LogP contribution is -2.86. The second kappa shape index (κ2) is 6.32. The summed E-state index contributed by atoms with van der Waals surface area (Å²) in [4.78, 5) is 12.3. The summed E-state index contributed by atoms with van der Waals surface area (Å²) in [7, 11) is 0. The van der Waals surface area contributed by atoms with Gasteiger partial charge in [-0.15, -0.1) is 0 Å². The Bertz CT molecular complexity index is 473. The monoisotopic (exact) mass is 308 g/mol. The van der Waals surface area contributed by atoms with Gasteiger partial charge in [-0.05, 0) is 44.4 Å². The highest BCUT2D eigenvalue weighted by atomic mass is 16.6. The maximum absolute atomic E-state index is 12.3. The summed E-state index contributed by atoms with van der Waals surface area (Å²) in [6.45, 7) is 6.57. The first-order chi connectivity index (χ1) is 10.5. The molecular weight excluding hydrogens is 278 g/mol. The molecule has 0 aromatic carbocycles. The lowest BCUT2D eigenvalue weighted by molar-refractivity contribution is -0.659. The van der Waals surface area contributed by atoms with E-state index in [0.717, 1.165) is 32.4 Å². The molecule has 0 spiro atoms. The van der Waals surface area contributed by atoms with Crippen LogP contribution in [0.25, 0.3) is 0 Å². The van der Waals surface area contributed by atoms with Crippen molar-refractivity contribution < 1.29 is 20.0 Å². The second-order valence-electron chi connectivity index (χ2n) is 7.72. The molecule has 2 aliphatic carbocycles. The van der Waals surface area contributed by atoms with Crippen LogP contribution in [0.4, 0.5) is 0 Å². The Morgan fingerprint density at radius 1 is 1.45 bits per heavy atom. The molecule has 3 rings (SSSR count). The fourth-order valence-corrected chi connectivity index (χ4v) is 4.91. The number of rotatable bonds is 5. The molecule has 4 nitrogen and oxygen atoms in total. The number of hydrogen-bond donors (Lipinski definition) is 2. The molecule has 1 heterocycles. The first-order valence-corrected chi connectivity index (χ1v) is 8.87. The van der Waals surface area contributed by atoms with Gasteiger partial charge in [-0.25, -0.2) is 0 Å². The Morgan fingerprint density at radius 3 is 3.05 bits per heavy atom. The van der Waals surface area contributed by atoms with Crippen LogP contribution in [0, 0.1) is 17.3 Å². The molecule has 4 heteroatoms. The van der Waals surface area contributed by atoms with Gasteiger partial charge >= 0.3 is 5.97 Å². The molecule has 3 aliphatic rings. The highest BCUT2D eigenvalue weighted by Gasteiger charge is 2.53. The fraction of sp³-hybridized carbons (Fsp3) is 0.833. The zero-order chi connectivity index (χ0) is 15.7. The molecule has 2 fully saturated rings. The third-order valence-corrected chi connectivity index (χ3v) is 6.17. The topological polar surface area (TPSA) is 63.1 Å². The summed E-state index contributed by atoms with van der Waals surface area (Å²) in [5.41, 5.74) is 3.45. The number of allylic oxidation sites excluding steroid dienone is 2. The summed E-state index contributed by atoms with van der Waals surface area (Å²) < 4.78 is 5.75. The first-order valence-electron chi connectivity index (χ1n) is 8.87. The average molecular weight is 308 g/mol. The van der Waals surface area contributed by atoms with Crippen LogP contribution in [0.2, 0.25) is 0 Å². The SMILES string of the molecule is CC1=C2C[C@@H]3[C@H](C[NH2+]CCCO)C(=O)O[C@@H]3C[C@@]2(C)CCC1. The van der Waals surface area contributed by atoms with E-state index in [4.69, 9.17) is 9.84 Å². The third-order valence-electron chi connectivity index (χ3n) is 6.17. The molecule has 0 unspecified atom stereocenters. The van der Waals surface area contributed by atoms with Gasteiger partial charge in [0.1, 0.15) is 12.0 Å². The second-order valence-corrected chi connectivity index (χ2v) is 7.72. The van der Waals surface area contributed by atoms with Crippen molar-refractivity contribution in [1.29, 1.82) is 0 Å². The molecule has 1 saturated heterocycles. The van der Waals surface area contributed by atoms with Gasteiger partial charge in [0, 0.05) is 18.9 Å². The lowest BCUT2D eigenvalue weighted by atomic mass is 9.59. The third kappa shape index (κ3) is 2.83. The van der Waals surface area contributed by atoms with E-state index in [1.165, 1.54) is 19.3 Å². The normalized spacial score (nSPS) is 37.8. The summed E-state index contributed by atoms with van der Waals surface area (Å²) in [5, 5.41) is 11.0. The van der Waals surface area contributed by atoms with Crippen LogP contribution in [0.1, 0.15) is 52.4 Å². The van der Waals surface area contributed by atoms with E-state index in [2.05, 4.69) is 19.2 Å². The molecule has 0 bridgehead atoms. The van der Waals surface area contributed by atoms with Crippen molar-refractivity contribution in [2.45, 2.75) is 58.5 Å². The number of carbonyl (C=O) groups is 1. The average Bonchev–Trinajstić information content (AvgIpc) is 2.76. The molecule has 1 aliphatic heterocycles. The Balaban J connectivity index is 1.71. The standard InChI is InChI=1S/C18H29NO3/c1-12-5-3-6-18(2)10-16-13(9-15(12)18)14(17(21)22-16)11-19-7-4-8-20/h13-14,16,19-20H,3-11H2,1-2H3/p+1/t13-,14+,16-,18-/m1/s1. The number of quaternary nitrogens is 1. The lowest BCUT2D eigenvalue weighted by Gasteiger charge is -2.45. The van der Waals surface area contributed by atoms with Crippen LogP contribution >= 0.6 is 0 Å². The van der Waals surface area contributed by atoms with Gasteiger partial charge in [0.15, 0.2) is 0 Å². The number of aliphatic hydroxyl groups excluding tert-OH is 1. The first kappa shape index (κ1) is 16.0. The van der Waals surface area contributed by atoms with E-state index < -0.39 is 0 Å². The van der Waals surface area contributed by atoms with Crippen LogP contribution in [-0.4, -0.2) is 36.9 Å². The zero-order valence-electron chi connectivity index (χ0n) is 13.9. The number of carbonyl (C=O) groups excluding carboxylic acids is 1. The highest BCUT2D eigenvalue weighted by molar-refractivity contribution is 5.75. The smallest absolute Gasteiger partial charge is 0.315 e. The Labute approximate surface area is 133 Å². The van der Waals surface area contributed by atoms with Crippen molar-refractivity contribution in [3.05, 3.63) is 11.1 Å². The van der Waals surface area contributed by atoms with E-state index in [1.54, 1.807) is 11.1 Å². The van der Waals surface area contributed by atoms with Gasteiger partial charge in [-0.2, -0.15) is 0 Å². The van der Waals surface area contributed by atoms with Gasteiger partial charge in [0.05, 0.1) is 13.1 Å². The van der Waals surface area contributed by atoms with Crippen molar-refractivity contribution in [2.75, 3.05) is 19.7 Å². The minimum absolute atomic E-state index is 0.00995. The minimum Gasteiger partial charge on any atom is -0.462 e. The van der Waals surface area contributed by atoms with Gasteiger partial charge < -0.3 is 15.2 Å². The number of hydrogen-bond acceptors (Lipinski definition) is 3. The summed E-state index contributed by atoms with van der Waals surface area (Å²) in [6, 6.07) is 0. The van der Waals surface area contributed by atoms with Gasteiger partial charge in [-0.3, -0.25) is 4.79 Å². The van der Waals surface area contributed by atoms with Gasteiger partial charge in [0.25, 0.3) is 0 Å². The largest absolute Gasteiger partial charge is 0.462 e. The maximum Gasteiger partial charge on any atom is 0.315 e. The Morgan fingerprint density at radius 2 is 2.27 bits per heavy atom. The maximum atomic E-state index is 12.3. The number of fused-ring (bicyclic) bond motifs is 2. The number of aliphatic hydroxyl groups is 1. The molecule has 0 aromatic rings. The summed E-state index contributed by atoms with van der Waals surface area (Å²) in [5.74, 6) is 0.417. The van der Waals surface area contributed by atoms with Crippen LogP contribution < -0.4 is 5.32 Å². The van der Waals surface area contributed by atoms with Gasteiger partial charge in [-0.1, -0.05) is 18.1 Å². The van der Waals surface area contributed by atoms with Crippen LogP contribution in [-0.2, 0) is 9.53 Å². The molecule has 0 amide bonds. The van der Waals surface area contributed by atoms with Crippen molar-refractivity contribution in [3.63, 3.8) is 0 Å². The molecule has 0 radical (unpaired) electrons. The predicted molar refractivity (Wildman–Crippen MR) is 84.1 cm³/mol. The number of ether oxygens (including phenoxy) is 1. The van der Waals surface area contributed by atoms with E-state index in [0.29, 0.717) is 5.92 Å². The predicted octanol–water partition coefficient (Wildman–Crippen LogP) is 1.39.